The zero-order valence-corrected chi connectivity index (χ0v) is 12.3. The van der Waals surface area contributed by atoms with Crippen LogP contribution in [0.4, 0.5) is 0 Å². The van der Waals surface area contributed by atoms with Gasteiger partial charge in [-0.1, -0.05) is 19.3 Å². The summed E-state index contributed by atoms with van der Waals surface area (Å²) in [5.41, 5.74) is 6.06. The summed E-state index contributed by atoms with van der Waals surface area (Å²) in [6.45, 7) is 3.25. The number of piperidine rings is 1. The molecule has 1 saturated carbocycles. The first-order valence-electron chi connectivity index (χ1n) is 8.43. The lowest BCUT2D eigenvalue weighted by Gasteiger charge is -2.37. The Kier molecular flexibility index (Phi) is 4.45. The highest BCUT2D eigenvalue weighted by Crippen LogP contribution is 2.43. The molecular weight excluding hydrogens is 236 g/mol. The molecule has 0 aromatic heterocycles. The third kappa shape index (κ3) is 3.14. The highest BCUT2D eigenvalue weighted by atomic mass is 16.5. The van der Waals surface area contributed by atoms with E-state index in [0.717, 1.165) is 25.6 Å². The molecule has 2 saturated heterocycles. The summed E-state index contributed by atoms with van der Waals surface area (Å²) < 4.78 is 6.47. The zero-order valence-electron chi connectivity index (χ0n) is 12.3. The van der Waals surface area contributed by atoms with E-state index in [0.29, 0.717) is 11.7 Å². The van der Waals surface area contributed by atoms with Crippen LogP contribution in [-0.4, -0.2) is 42.3 Å². The predicted molar refractivity (Wildman–Crippen MR) is 78.2 cm³/mol. The summed E-state index contributed by atoms with van der Waals surface area (Å²) >= 11 is 0. The molecule has 3 nitrogen and oxygen atoms in total. The Balaban J connectivity index is 1.52. The predicted octanol–water partition coefficient (Wildman–Crippen LogP) is 2.68. The van der Waals surface area contributed by atoms with Crippen molar-refractivity contribution in [2.75, 3.05) is 19.6 Å². The average molecular weight is 266 g/mol. The fourth-order valence-electron chi connectivity index (χ4n) is 4.49. The van der Waals surface area contributed by atoms with E-state index in [2.05, 4.69) is 4.90 Å². The highest BCUT2D eigenvalue weighted by Gasteiger charge is 2.42. The fraction of sp³-hybridized carbons (Fsp3) is 1.00. The van der Waals surface area contributed by atoms with Gasteiger partial charge in [-0.15, -0.1) is 0 Å². The molecule has 0 bridgehead atoms. The van der Waals surface area contributed by atoms with Crippen LogP contribution in [0.2, 0.25) is 0 Å². The monoisotopic (exact) mass is 266 g/mol. The van der Waals surface area contributed by atoms with Gasteiger partial charge < -0.3 is 10.5 Å². The lowest BCUT2D eigenvalue weighted by atomic mass is 9.97. The van der Waals surface area contributed by atoms with E-state index in [4.69, 9.17) is 10.5 Å². The van der Waals surface area contributed by atoms with Gasteiger partial charge in [-0.05, 0) is 58.0 Å². The van der Waals surface area contributed by atoms with Gasteiger partial charge in [0.25, 0.3) is 0 Å². The maximum absolute atomic E-state index is 6.47. The van der Waals surface area contributed by atoms with E-state index in [1.807, 2.05) is 0 Å². The number of hydrogen-bond acceptors (Lipinski definition) is 3. The highest BCUT2D eigenvalue weighted by molar-refractivity contribution is 4.94. The van der Waals surface area contributed by atoms with Crippen LogP contribution >= 0.6 is 0 Å². The van der Waals surface area contributed by atoms with Gasteiger partial charge in [-0.2, -0.15) is 0 Å². The van der Waals surface area contributed by atoms with Gasteiger partial charge in [0.15, 0.2) is 0 Å². The first kappa shape index (κ1) is 13.8. The van der Waals surface area contributed by atoms with Crippen LogP contribution in [0.1, 0.15) is 64.2 Å². The molecule has 3 aliphatic rings. The van der Waals surface area contributed by atoms with Crippen molar-refractivity contribution < 1.29 is 4.74 Å². The van der Waals surface area contributed by atoms with Crippen molar-refractivity contribution in [1.29, 1.82) is 0 Å². The topological polar surface area (TPSA) is 38.5 Å². The number of likely N-dealkylation sites (tertiary alicyclic amines) is 1. The normalized spacial score (nSPS) is 35.2. The standard InChI is InChI=1S/C16H30N2O/c17-11-7-14-5-1-4-12-18(14)13-15-6-10-16(19-15)8-2-3-9-16/h14-15H,1-13,17H2. The molecule has 2 heterocycles. The van der Waals surface area contributed by atoms with E-state index >= 15 is 0 Å². The molecular formula is C16H30N2O. The molecule has 110 valence electrons. The van der Waals surface area contributed by atoms with Gasteiger partial charge in [0, 0.05) is 12.6 Å². The second-order valence-corrected chi connectivity index (χ2v) is 6.89. The minimum atomic E-state index is 0.295. The first-order chi connectivity index (χ1) is 9.31. The summed E-state index contributed by atoms with van der Waals surface area (Å²) in [6, 6.07) is 0.725. The van der Waals surface area contributed by atoms with E-state index in [9.17, 15) is 0 Å². The van der Waals surface area contributed by atoms with E-state index in [1.165, 1.54) is 64.3 Å². The third-order valence-electron chi connectivity index (χ3n) is 5.54. The fourth-order valence-corrected chi connectivity index (χ4v) is 4.49. The van der Waals surface area contributed by atoms with E-state index in [1.54, 1.807) is 0 Å². The van der Waals surface area contributed by atoms with Crippen molar-refractivity contribution in [2.24, 2.45) is 5.73 Å². The molecule has 19 heavy (non-hydrogen) atoms. The van der Waals surface area contributed by atoms with Gasteiger partial charge in [0.05, 0.1) is 11.7 Å². The number of nitrogens with two attached hydrogens (primary N) is 1. The Bertz CT molecular complexity index is 286. The van der Waals surface area contributed by atoms with Gasteiger partial charge >= 0.3 is 0 Å². The zero-order chi connectivity index (χ0) is 13.1. The van der Waals surface area contributed by atoms with Crippen molar-refractivity contribution in [1.82, 2.24) is 4.90 Å². The minimum absolute atomic E-state index is 0.295. The van der Waals surface area contributed by atoms with Crippen LogP contribution in [0.25, 0.3) is 0 Å². The molecule has 0 radical (unpaired) electrons. The Hall–Kier alpha value is -0.120. The van der Waals surface area contributed by atoms with Gasteiger partial charge in [-0.25, -0.2) is 0 Å². The number of ether oxygens (including phenoxy) is 1. The molecule has 0 aromatic rings. The summed E-state index contributed by atoms with van der Waals surface area (Å²) in [6.07, 6.45) is 13.7. The SMILES string of the molecule is NCCC1CCCCN1CC1CCC2(CCCC2)O1. The maximum atomic E-state index is 6.47. The van der Waals surface area contributed by atoms with Crippen LogP contribution in [-0.2, 0) is 4.74 Å². The molecule has 2 aliphatic heterocycles. The maximum Gasteiger partial charge on any atom is 0.0710 e. The van der Waals surface area contributed by atoms with Gasteiger partial charge in [-0.3, -0.25) is 4.90 Å². The van der Waals surface area contributed by atoms with Crippen molar-refractivity contribution >= 4 is 0 Å². The average Bonchev–Trinajstić information content (AvgIpc) is 3.03. The van der Waals surface area contributed by atoms with Crippen LogP contribution in [0, 0.1) is 0 Å². The van der Waals surface area contributed by atoms with Crippen LogP contribution in [0.5, 0.6) is 0 Å². The Morgan fingerprint density at radius 2 is 1.89 bits per heavy atom. The summed E-state index contributed by atoms with van der Waals surface area (Å²) in [4.78, 5) is 2.68. The third-order valence-corrected chi connectivity index (χ3v) is 5.54. The molecule has 3 heteroatoms. The lowest BCUT2D eigenvalue weighted by molar-refractivity contribution is -0.0543. The number of rotatable bonds is 4. The molecule has 2 N–H and O–H groups in total. The quantitative estimate of drug-likeness (QED) is 0.850. The summed E-state index contributed by atoms with van der Waals surface area (Å²) in [5.74, 6) is 0. The Morgan fingerprint density at radius 1 is 1.05 bits per heavy atom. The lowest BCUT2D eigenvalue weighted by Crippen LogP contribution is -2.45. The number of nitrogens with zero attached hydrogens (tertiary/aromatic N) is 1. The molecule has 1 aliphatic carbocycles. The minimum Gasteiger partial charge on any atom is -0.370 e. The smallest absolute Gasteiger partial charge is 0.0710 e. The van der Waals surface area contributed by atoms with Crippen molar-refractivity contribution in [3.63, 3.8) is 0 Å². The molecule has 1 spiro atoms. The first-order valence-corrected chi connectivity index (χ1v) is 8.43. The Labute approximate surface area is 117 Å². The molecule has 3 rings (SSSR count). The second kappa shape index (κ2) is 6.11. The van der Waals surface area contributed by atoms with Crippen molar-refractivity contribution in [3.05, 3.63) is 0 Å². The van der Waals surface area contributed by atoms with Crippen LogP contribution < -0.4 is 5.73 Å². The Morgan fingerprint density at radius 3 is 2.68 bits per heavy atom. The molecule has 0 aromatic carbocycles. The van der Waals surface area contributed by atoms with Gasteiger partial charge in [0.1, 0.15) is 0 Å². The molecule has 2 atom stereocenters. The molecule has 2 unspecified atom stereocenters. The van der Waals surface area contributed by atoms with Gasteiger partial charge in [0.2, 0.25) is 0 Å². The van der Waals surface area contributed by atoms with Crippen LogP contribution in [0.3, 0.4) is 0 Å². The number of hydrogen-bond donors (Lipinski definition) is 1. The summed E-state index contributed by atoms with van der Waals surface area (Å²) in [7, 11) is 0. The summed E-state index contributed by atoms with van der Waals surface area (Å²) in [5, 5.41) is 0. The van der Waals surface area contributed by atoms with Crippen molar-refractivity contribution in [3.8, 4) is 0 Å². The van der Waals surface area contributed by atoms with E-state index < -0.39 is 0 Å². The molecule has 3 fully saturated rings. The molecule has 0 amide bonds. The van der Waals surface area contributed by atoms with Crippen molar-refractivity contribution in [2.45, 2.75) is 82.0 Å². The van der Waals surface area contributed by atoms with E-state index in [-0.39, 0.29) is 0 Å². The van der Waals surface area contributed by atoms with Crippen LogP contribution in [0.15, 0.2) is 0 Å². The largest absolute Gasteiger partial charge is 0.370 e. The second-order valence-electron chi connectivity index (χ2n) is 6.89.